The molecule has 1 N–H and O–H groups in total. The second-order valence-corrected chi connectivity index (χ2v) is 7.00. The number of ether oxygens (including phenoxy) is 1. The Labute approximate surface area is 146 Å². The largest absolute Gasteiger partial charge is 0.399 e. The van der Waals surface area contributed by atoms with Crippen molar-refractivity contribution in [2.24, 2.45) is 11.1 Å². The van der Waals surface area contributed by atoms with E-state index in [0.29, 0.717) is 16.5 Å². The Hall–Kier alpha value is -0.810. The van der Waals surface area contributed by atoms with Crippen LogP contribution in [0.15, 0.2) is 23.4 Å². The van der Waals surface area contributed by atoms with Crippen molar-refractivity contribution in [3.05, 3.63) is 33.8 Å². The van der Waals surface area contributed by atoms with Gasteiger partial charge in [0.1, 0.15) is 7.11 Å². The molecule has 2 saturated heterocycles. The van der Waals surface area contributed by atoms with Crippen LogP contribution < -0.4 is 0 Å². The minimum Gasteiger partial charge on any atom is -0.399 e. The third kappa shape index (κ3) is 3.22. The average Bonchev–Trinajstić information content (AvgIpc) is 2.83. The molecule has 23 heavy (non-hydrogen) atoms. The fraction of sp³-hybridized carbons (Fsp3) is 0.588. The standard InChI is InChI=1S/C17H21Cl2NO3/c1-3-14(20-22-2)16-11(7-10-8-15(21)17(16)23-10)9-4-5-12(18)13(19)6-9/h4-6,10-11,15-17,21H,3,7-8H2,1-2H3/t10?,11-,15?,16+,17+/m0/s1. The van der Waals surface area contributed by atoms with Crippen molar-refractivity contribution in [2.75, 3.05) is 7.11 Å². The van der Waals surface area contributed by atoms with E-state index in [9.17, 15) is 5.11 Å². The first-order chi connectivity index (χ1) is 11.0. The molecule has 1 aromatic rings. The molecule has 126 valence electrons. The summed E-state index contributed by atoms with van der Waals surface area (Å²) < 4.78 is 6.01. The second-order valence-electron chi connectivity index (χ2n) is 6.19. The molecule has 3 rings (SSSR count). The number of aliphatic hydroxyl groups is 1. The van der Waals surface area contributed by atoms with Crippen LogP contribution in [-0.2, 0) is 9.57 Å². The van der Waals surface area contributed by atoms with Gasteiger partial charge in [-0.05, 0) is 36.5 Å². The lowest BCUT2D eigenvalue weighted by molar-refractivity contribution is -0.0509. The lowest BCUT2D eigenvalue weighted by Crippen LogP contribution is -2.42. The quantitative estimate of drug-likeness (QED) is 0.653. The Morgan fingerprint density at radius 3 is 2.78 bits per heavy atom. The predicted octanol–water partition coefficient (Wildman–Crippen LogP) is 4.03. The molecule has 6 heteroatoms. The number of aliphatic hydroxyl groups excluding tert-OH is 1. The van der Waals surface area contributed by atoms with Gasteiger partial charge >= 0.3 is 0 Å². The van der Waals surface area contributed by atoms with Crippen molar-refractivity contribution in [3.8, 4) is 0 Å². The van der Waals surface area contributed by atoms with E-state index >= 15 is 0 Å². The Kier molecular flexibility index (Phi) is 5.16. The molecule has 0 aromatic heterocycles. The molecule has 0 amide bonds. The van der Waals surface area contributed by atoms with E-state index in [1.807, 2.05) is 25.1 Å². The summed E-state index contributed by atoms with van der Waals surface area (Å²) in [6.45, 7) is 2.04. The summed E-state index contributed by atoms with van der Waals surface area (Å²) in [5.41, 5.74) is 2.02. The van der Waals surface area contributed by atoms with Gasteiger partial charge in [0, 0.05) is 12.3 Å². The molecule has 2 aliphatic rings. The zero-order valence-corrected chi connectivity index (χ0v) is 14.7. The van der Waals surface area contributed by atoms with Crippen molar-refractivity contribution >= 4 is 28.9 Å². The third-order valence-corrected chi connectivity index (χ3v) is 5.60. The maximum atomic E-state index is 10.4. The Bertz CT molecular complexity index is 608. The van der Waals surface area contributed by atoms with Crippen molar-refractivity contribution < 1.29 is 14.7 Å². The van der Waals surface area contributed by atoms with Crippen molar-refractivity contribution in [2.45, 2.75) is 50.4 Å². The minimum atomic E-state index is -0.466. The molecule has 2 aliphatic heterocycles. The summed E-state index contributed by atoms with van der Waals surface area (Å²) in [5.74, 6) is 0.158. The van der Waals surface area contributed by atoms with Gasteiger partial charge < -0.3 is 14.7 Å². The van der Waals surface area contributed by atoms with Gasteiger partial charge in [-0.3, -0.25) is 0 Å². The first-order valence-corrected chi connectivity index (χ1v) is 8.69. The molecule has 4 nitrogen and oxygen atoms in total. The van der Waals surface area contributed by atoms with Gasteiger partial charge in [-0.15, -0.1) is 0 Å². The summed E-state index contributed by atoms with van der Waals surface area (Å²) in [4.78, 5) is 5.02. The van der Waals surface area contributed by atoms with E-state index in [4.69, 9.17) is 32.8 Å². The second kappa shape index (κ2) is 6.98. The number of rotatable bonds is 4. The van der Waals surface area contributed by atoms with Crippen LogP contribution in [0.2, 0.25) is 10.0 Å². The van der Waals surface area contributed by atoms with Crippen LogP contribution in [0.3, 0.4) is 0 Å². The molecule has 2 heterocycles. The smallest absolute Gasteiger partial charge is 0.106 e. The lowest BCUT2D eigenvalue weighted by atomic mass is 9.75. The van der Waals surface area contributed by atoms with Crippen LogP contribution in [-0.4, -0.2) is 36.2 Å². The van der Waals surface area contributed by atoms with Crippen LogP contribution in [0, 0.1) is 5.92 Å². The molecule has 2 fully saturated rings. The summed E-state index contributed by atoms with van der Waals surface area (Å²) >= 11 is 12.3. The van der Waals surface area contributed by atoms with Gasteiger partial charge in [0.15, 0.2) is 0 Å². The van der Waals surface area contributed by atoms with Gasteiger partial charge in [0.2, 0.25) is 0 Å². The molecule has 0 spiro atoms. The van der Waals surface area contributed by atoms with Crippen molar-refractivity contribution in [1.29, 1.82) is 0 Å². The lowest BCUT2D eigenvalue weighted by Gasteiger charge is -2.38. The summed E-state index contributed by atoms with van der Waals surface area (Å²) in [5, 5.41) is 15.7. The number of benzene rings is 1. The highest BCUT2D eigenvalue weighted by atomic mass is 35.5. The van der Waals surface area contributed by atoms with Crippen molar-refractivity contribution in [3.63, 3.8) is 0 Å². The Balaban J connectivity index is 2.01. The molecular formula is C17H21Cl2NO3. The summed E-state index contributed by atoms with van der Waals surface area (Å²) in [7, 11) is 1.54. The maximum absolute atomic E-state index is 10.4. The Morgan fingerprint density at radius 2 is 2.13 bits per heavy atom. The number of hydrogen-bond donors (Lipinski definition) is 1. The number of hydrogen-bond acceptors (Lipinski definition) is 4. The number of oxime groups is 1. The zero-order valence-electron chi connectivity index (χ0n) is 13.2. The highest BCUT2D eigenvalue weighted by Crippen LogP contribution is 2.47. The average molecular weight is 358 g/mol. The molecule has 0 radical (unpaired) electrons. The topological polar surface area (TPSA) is 51.0 Å². The molecule has 0 saturated carbocycles. The SMILES string of the molecule is CCC(=NOC)[C@@H]1[C@@H]2OC(CC2O)C[C@H]1c1ccc(Cl)c(Cl)c1. The molecular weight excluding hydrogens is 337 g/mol. The van der Waals surface area contributed by atoms with Gasteiger partial charge in [0.25, 0.3) is 0 Å². The first kappa shape index (κ1) is 17.0. The van der Waals surface area contributed by atoms with Gasteiger partial charge in [-0.2, -0.15) is 0 Å². The van der Waals surface area contributed by atoms with E-state index in [2.05, 4.69) is 5.16 Å². The van der Waals surface area contributed by atoms with E-state index in [1.165, 1.54) is 0 Å². The van der Waals surface area contributed by atoms with Crippen LogP contribution in [0.4, 0.5) is 0 Å². The first-order valence-electron chi connectivity index (χ1n) is 7.93. The zero-order chi connectivity index (χ0) is 16.6. The normalized spacial score (nSPS) is 33.8. The fourth-order valence-electron chi connectivity index (χ4n) is 3.89. The third-order valence-electron chi connectivity index (χ3n) is 4.86. The highest BCUT2D eigenvalue weighted by molar-refractivity contribution is 6.42. The van der Waals surface area contributed by atoms with E-state index in [-0.39, 0.29) is 24.0 Å². The summed E-state index contributed by atoms with van der Waals surface area (Å²) in [6, 6.07) is 5.74. The minimum absolute atomic E-state index is 0.0223. The summed E-state index contributed by atoms with van der Waals surface area (Å²) in [6.07, 6.45) is 1.61. The Morgan fingerprint density at radius 1 is 1.35 bits per heavy atom. The van der Waals surface area contributed by atoms with E-state index < -0.39 is 6.10 Å². The van der Waals surface area contributed by atoms with Crippen LogP contribution in [0.5, 0.6) is 0 Å². The van der Waals surface area contributed by atoms with Crippen LogP contribution >= 0.6 is 23.2 Å². The molecule has 2 bridgehead atoms. The van der Waals surface area contributed by atoms with Gasteiger partial charge in [0.05, 0.1) is 34.1 Å². The highest BCUT2D eigenvalue weighted by Gasteiger charge is 2.50. The predicted molar refractivity (Wildman–Crippen MR) is 91.3 cm³/mol. The molecule has 5 atom stereocenters. The fourth-order valence-corrected chi connectivity index (χ4v) is 4.20. The van der Waals surface area contributed by atoms with E-state index in [1.54, 1.807) is 7.11 Å². The van der Waals surface area contributed by atoms with Crippen molar-refractivity contribution in [1.82, 2.24) is 0 Å². The van der Waals surface area contributed by atoms with Gasteiger partial charge in [-0.25, -0.2) is 0 Å². The molecule has 2 unspecified atom stereocenters. The number of nitrogens with zero attached hydrogens (tertiary/aromatic N) is 1. The van der Waals surface area contributed by atoms with Gasteiger partial charge in [-0.1, -0.05) is 41.3 Å². The van der Waals surface area contributed by atoms with Crippen LogP contribution in [0.25, 0.3) is 0 Å². The number of fused-ring (bicyclic) bond motifs is 2. The monoisotopic (exact) mass is 357 g/mol. The molecule has 0 aliphatic carbocycles. The van der Waals surface area contributed by atoms with E-state index in [0.717, 1.165) is 24.1 Å². The molecule has 1 aromatic carbocycles. The maximum Gasteiger partial charge on any atom is 0.106 e. The number of halogens is 2. The van der Waals surface area contributed by atoms with Crippen LogP contribution in [0.1, 0.15) is 37.7 Å².